The number of nitrogens with one attached hydrogen (secondary N) is 10. The van der Waals surface area contributed by atoms with Crippen LogP contribution in [0.5, 0.6) is 5.88 Å². The molecule has 56 heteroatoms. The number of carboxylic acids is 1. The minimum Gasteiger partial charge on any atom is -0.478 e. The molecule has 1 aromatic carbocycles. The summed E-state index contributed by atoms with van der Waals surface area (Å²) in [4.78, 5) is 217. The third kappa shape index (κ3) is 40.4. The average Bonchev–Trinajstić information content (AvgIpc) is 0.833. The smallest absolute Gasteiger partial charge is 0.381 e. The molecule has 10 aromatic rings. The number of rotatable bonds is 37. The Hall–Kier alpha value is -15.4. The van der Waals surface area contributed by atoms with Gasteiger partial charge in [-0.3, -0.25) is 113 Å². The van der Waals surface area contributed by atoms with Crippen LogP contribution in [0, 0.1) is 0 Å². The van der Waals surface area contributed by atoms with Gasteiger partial charge in [0.05, 0.1) is 67.5 Å². The van der Waals surface area contributed by atoms with Crippen molar-refractivity contribution in [2.24, 2.45) is 30.2 Å². The Kier molecular flexibility index (Phi) is 42.3. The first-order chi connectivity index (χ1) is 62.6. The van der Waals surface area contributed by atoms with E-state index >= 15 is 0 Å². The van der Waals surface area contributed by atoms with Crippen molar-refractivity contribution in [3.05, 3.63) is 257 Å². The molecule has 684 valence electrons. The van der Waals surface area contributed by atoms with Crippen molar-refractivity contribution in [1.82, 2.24) is 106 Å². The molecule has 0 aliphatic carbocycles. The van der Waals surface area contributed by atoms with E-state index in [0.717, 1.165) is 70.0 Å². The molecular formula is C75H77N29O21S6. The molecular weight excluding hydrogens is 1840 g/mol. The van der Waals surface area contributed by atoms with Crippen LogP contribution in [0.2, 0.25) is 0 Å². The number of pyridine rings is 4. The summed E-state index contributed by atoms with van der Waals surface area (Å²) in [6, 6.07) is 21.2. The second kappa shape index (κ2) is 53.9. The predicted molar refractivity (Wildman–Crippen MR) is 484 cm³/mol. The molecule has 9 aromatic heterocycles. The number of ketones is 4. The zero-order chi connectivity index (χ0) is 95.1. The molecule has 0 radical (unpaired) electrons. The molecule has 0 bridgehead atoms. The number of carbonyl (C=O) groups is 7. The standard InChI is InChI=1S/C18H19N5O3.C17H20N8O3S.C15H13N5O5S.C13H13N5O4S2.C12H12N6O6S2/c1-13(7-5-6-10-14-8-3-2-4-9-14)19-11-15(24)12-20-16-17(25)21-18(26)23-22-16;1-12(26)24-5-7-25(8-6-24)17-20-15(28)16(22-23-17)29-11-14(27)21-19-10-13-3-2-4-18-9-13;21-11(8-26-13-12(22)18-15(25)20-19-13)7-16-3-1-2-9-4-10(14(23)24)6-17-5-9;1-24(21,22)13-16-11(20)12(17-18-13)23-8-10(19)7-15-6-9-3-2-4-14-5-9;13-26(22,23)24-9-2-1-7(4-15-9)3-14-5-8(19)6-25-11-10(20)16-12(21)18-17-11/h2-10H,11-12H2,1H3,(H,20,22)(H2,21,23,25,26);2-4,9-10H,5-8,11H2,1H3,(H,21,27)(H,20,23,28);1-6H,7-8H2,(H,23,24)(H2,18,20,22,25);2-6H,7-8H2,1H3,(H,16,18,20);1-4H,5-6H2,(H2,13,22,23)(H2,16,18,20,21)/b7-5+,10-6+,19-13?;19-10+;2-1+,16-3?;;. The number of benzene rings is 1. The maximum atomic E-state index is 12.2. The molecule has 0 saturated carbocycles. The maximum Gasteiger partial charge on any atom is 0.381 e. The van der Waals surface area contributed by atoms with E-state index in [0.29, 0.717) is 49.0 Å². The van der Waals surface area contributed by atoms with E-state index in [1.54, 1.807) is 79.1 Å². The molecule has 131 heavy (non-hydrogen) atoms. The van der Waals surface area contributed by atoms with Gasteiger partial charge in [0.2, 0.25) is 44.5 Å². The quantitative estimate of drug-likeness (QED) is 0.00922. The highest BCUT2D eigenvalue weighted by Crippen LogP contribution is 2.16. The summed E-state index contributed by atoms with van der Waals surface area (Å²) >= 11 is 3.62. The highest BCUT2D eigenvalue weighted by molar-refractivity contribution is 8.00. The number of aromatic nitrogens is 19. The van der Waals surface area contributed by atoms with Crippen molar-refractivity contribution in [3.8, 4) is 5.88 Å². The highest BCUT2D eigenvalue weighted by Gasteiger charge is 2.22. The molecule has 1 fully saturated rings. The number of amides is 2. The zero-order valence-electron chi connectivity index (χ0n) is 68.6. The number of carbonyl (C=O) groups excluding carboxylic acids is 6. The topological polar surface area (TPSA) is 740 Å². The number of nitrogens with two attached hydrogens (primary N) is 1. The minimum absolute atomic E-state index is 0.00682. The minimum atomic E-state index is -4.15. The fourth-order valence-corrected chi connectivity index (χ4v) is 12.6. The lowest BCUT2D eigenvalue weighted by Crippen LogP contribution is -2.49. The summed E-state index contributed by atoms with van der Waals surface area (Å²) in [5.41, 5.74) is 1.57. The van der Waals surface area contributed by atoms with E-state index in [1.165, 1.54) is 68.6 Å². The molecule has 1 saturated heterocycles. The second-order valence-corrected chi connectivity index (χ2v) is 32.5. The van der Waals surface area contributed by atoms with Crippen LogP contribution in [0.3, 0.4) is 0 Å². The monoisotopic (exact) mass is 1910 g/mol. The number of sulfone groups is 1. The fraction of sp³-hybridized carbons (Fsp3) is 0.213. The van der Waals surface area contributed by atoms with Crippen LogP contribution < -0.4 is 69.8 Å². The molecule has 11 rings (SSSR count). The normalized spacial score (nSPS) is 12.2. The van der Waals surface area contributed by atoms with Crippen LogP contribution in [0.1, 0.15) is 52.0 Å². The third-order valence-corrected chi connectivity index (χ3v) is 20.5. The Morgan fingerprint density at radius 1 is 0.534 bits per heavy atom. The van der Waals surface area contributed by atoms with Crippen molar-refractivity contribution in [2.75, 3.05) is 98.4 Å². The first-order valence-corrected chi connectivity index (χ1v) is 44.5. The molecule has 10 heterocycles. The van der Waals surface area contributed by atoms with Crippen LogP contribution >= 0.6 is 47.0 Å². The number of hydrogen-bond acceptors (Lipinski definition) is 42. The number of H-pyrrole nitrogens is 8. The summed E-state index contributed by atoms with van der Waals surface area (Å²) in [5, 5.41) is 51.2. The van der Waals surface area contributed by atoms with Gasteiger partial charge in [0.1, 0.15) is 0 Å². The lowest BCUT2D eigenvalue weighted by molar-refractivity contribution is -0.129. The summed E-state index contributed by atoms with van der Waals surface area (Å²) in [5.74, 6) is -2.46. The predicted octanol–water partition coefficient (Wildman–Crippen LogP) is -1.40. The van der Waals surface area contributed by atoms with Crippen LogP contribution in [-0.2, 0) is 48.9 Å². The SMILES string of the molecule is CC(/C=C/C=C/c1ccccc1)=NCC(=O)CNc1n[nH]c(=O)[nH]c1=O.CC(=O)N1CCN(c2nnc(SCC(=O)N/N=C/c3cccnc3)c(=O)[nH]2)CC1.CS(=O)(=O)c1nnc(SCC(=O)CN=Cc2cccnc2)c(=O)[nH]1.NS(=O)(=O)Oc1ccc(C=NCC(=O)CSc2n[nH]c(=O)[nH]c2=O)cn1.O=C(CN=C/C=C/c1cncc(C(=O)O)c1)CSc1n[nH]c(=O)[nH]c1=O. The fourth-order valence-electron chi connectivity index (χ4n) is 9.14. The molecule has 0 unspecified atom stereocenters. The van der Waals surface area contributed by atoms with Crippen LogP contribution in [0.15, 0.2) is 229 Å². The number of aromatic carboxylic acids is 1. The third-order valence-electron chi connectivity index (χ3n) is 15.2. The maximum absolute atomic E-state index is 12.2. The number of Topliss-reactive ketones (excluding diaryl/α,β-unsaturated/α-hetero) is 4. The number of allylic oxidation sites excluding steroid dienone is 4. The van der Waals surface area contributed by atoms with Gasteiger partial charge in [0, 0.05) is 130 Å². The molecule has 0 atom stereocenters. The number of hydrogen-bond donors (Lipinski definition) is 12. The average molecular weight is 1910 g/mol. The van der Waals surface area contributed by atoms with Crippen molar-refractivity contribution in [1.29, 1.82) is 0 Å². The first-order valence-electron chi connectivity index (χ1n) is 37.2. The number of nitrogens with zero attached hydrogens (tertiary/aromatic N) is 18. The van der Waals surface area contributed by atoms with Gasteiger partial charge < -0.3 is 24.4 Å². The van der Waals surface area contributed by atoms with Crippen LogP contribution in [-0.4, -0.2) is 282 Å². The Morgan fingerprint density at radius 2 is 1.06 bits per heavy atom. The van der Waals surface area contributed by atoms with Gasteiger partial charge >= 0.3 is 33.3 Å². The summed E-state index contributed by atoms with van der Waals surface area (Å²) in [7, 11) is -7.79. The van der Waals surface area contributed by atoms with Gasteiger partial charge in [-0.1, -0.05) is 114 Å². The van der Waals surface area contributed by atoms with Gasteiger partial charge in [-0.25, -0.2) is 53.3 Å². The Balaban J connectivity index is 0.000000224. The molecule has 50 nitrogen and oxygen atoms in total. The van der Waals surface area contributed by atoms with Gasteiger partial charge in [-0.15, -0.1) is 25.5 Å². The summed E-state index contributed by atoms with van der Waals surface area (Å²) in [6.45, 7) is 5.16. The Labute approximate surface area is 754 Å². The van der Waals surface area contributed by atoms with Gasteiger partial charge in [-0.2, -0.15) is 28.9 Å². The van der Waals surface area contributed by atoms with E-state index in [1.807, 2.05) is 68.4 Å². The van der Waals surface area contributed by atoms with Crippen LogP contribution in [0.25, 0.3) is 12.2 Å². The van der Waals surface area contributed by atoms with E-state index in [4.69, 9.17) is 10.2 Å². The number of piperazine rings is 1. The Bertz CT molecular complexity index is 6640. The van der Waals surface area contributed by atoms with Gasteiger partial charge in [-0.05, 0) is 54.5 Å². The number of anilines is 2. The van der Waals surface area contributed by atoms with E-state index in [-0.39, 0.29) is 128 Å². The largest absolute Gasteiger partial charge is 0.478 e. The lowest BCUT2D eigenvalue weighted by Gasteiger charge is -2.34. The number of hydrazone groups is 1. The lowest BCUT2D eigenvalue weighted by atomic mass is 10.2. The van der Waals surface area contributed by atoms with Gasteiger partial charge in [0.15, 0.2) is 43.2 Å². The molecule has 1 aliphatic rings. The van der Waals surface area contributed by atoms with Crippen molar-refractivity contribution in [2.45, 2.75) is 39.1 Å². The van der Waals surface area contributed by atoms with Gasteiger partial charge in [0.25, 0.3) is 27.8 Å². The Morgan fingerprint density at radius 3 is 1.60 bits per heavy atom. The molecule has 2 amide bonds. The number of aromatic amines is 8. The first kappa shape index (κ1) is 103. The zero-order valence-corrected chi connectivity index (χ0v) is 73.5. The van der Waals surface area contributed by atoms with Crippen molar-refractivity contribution in [3.63, 3.8) is 0 Å². The molecule has 1 aliphatic heterocycles. The van der Waals surface area contributed by atoms with Crippen molar-refractivity contribution < 1.29 is 59.7 Å². The molecule has 13 N–H and O–H groups in total. The summed E-state index contributed by atoms with van der Waals surface area (Å²) in [6.07, 6.45) is 27.9. The van der Waals surface area contributed by atoms with E-state index in [2.05, 4.69) is 121 Å². The van der Waals surface area contributed by atoms with Crippen molar-refractivity contribution >= 4 is 163 Å². The summed E-state index contributed by atoms with van der Waals surface area (Å²) < 4.78 is 48.3. The number of aliphatic imine (C=N–C) groups is 4. The van der Waals surface area contributed by atoms with Crippen LogP contribution in [0.4, 0.5) is 11.8 Å². The van der Waals surface area contributed by atoms with E-state index in [9.17, 15) is 88.8 Å². The molecule has 0 spiro atoms. The number of carboxylic acid groups (broad SMARTS) is 1. The van der Waals surface area contributed by atoms with E-state index < -0.39 is 76.1 Å². The second-order valence-electron chi connectivity index (χ2n) is 25.5. The number of thioether (sulfide) groups is 4. The highest BCUT2D eigenvalue weighted by atomic mass is 32.2.